The second-order valence-corrected chi connectivity index (χ2v) is 5.50. The van der Waals surface area contributed by atoms with E-state index in [2.05, 4.69) is 5.32 Å². The number of hydrogen-bond acceptors (Lipinski definition) is 6. The summed E-state index contributed by atoms with van der Waals surface area (Å²) in [7, 11) is 0. The lowest BCUT2D eigenvalue weighted by molar-refractivity contribution is 0.0139. The lowest BCUT2D eigenvalue weighted by Crippen LogP contribution is -2.53. The summed E-state index contributed by atoms with van der Waals surface area (Å²) >= 11 is 0. The van der Waals surface area contributed by atoms with E-state index in [1.165, 1.54) is 0 Å². The van der Waals surface area contributed by atoms with E-state index < -0.39 is 36.2 Å². The second kappa shape index (κ2) is 6.27. The first-order valence-corrected chi connectivity index (χ1v) is 6.44. The number of nitrogens with one attached hydrogen (secondary N) is 1. The number of nitrogens with zero attached hydrogens (tertiary/aromatic N) is 1. The van der Waals surface area contributed by atoms with Crippen LogP contribution in [-0.4, -0.2) is 64.4 Å². The first-order valence-electron chi connectivity index (χ1n) is 6.44. The number of ether oxygens (including phenoxy) is 2. The second-order valence-electron chi connectivity index (χ2n) is 5.50. The molecule has 0 spiro atoms. The predicted octanol–water partition coefficient (Wildman–Crippen LogP) is 0.0311. The number of alkyl carbamates (subject to hydrolysis) is 1. The van der Waals surface area contributed by atoms with Crippen molar-refractivity contribution < 1.29 is 29.3 Å². The molecule has 0 bridgehead atoms. The van der Waals surface area contributed by atoms with Crippen molar-refractivity contribution >= 4 is 12.2 Å². The molecule has 0 unspecified atom stereocenters. The summed E-state index contributed by atoms with van der Waals surface area (Å²) < 4.78 is 9.86. The Morgan fingerprint density at radius 1 is 1.35 bits per heavy atom. The van der Waals surface area contributed by atoms with Crippen molar-refractivity contribution in [2.45, 2.75) is 51.7 Å². The summed E-state index contributed by atoms with van der Waals surface area (Å²) in [6.45, 7) is 6.74. The fraction of sp³-hybridized carbons (Fsp3) is 0.833. The third-order valence-corrected chi connectivity index (χ3v) is 2.60. The van der Waals surface area contributed by atoms with Crippen molar-refractivity contribution in [2.75, 3.05) is 13.2 Å². The van der Waals surface area contributed by atoms with Crippen LogP contribution in [0.5, 0.6) is 0 Å². The maximum Gasteiger partial charge on any atom is 0.411 e. The van der Waals surface area contributed by atoms with Crippen LogP contribution in [0.25, 0.3) is 0 Å². The highest BCUT2D eigenvalue weighted by Gasteiger charge is 2.44. The molecule has 2 amide bonds. The van der Waals surface area contributed by atoms with Crippen molar-refractivity contribution in [3.8, 4) is 0 Å². The molecular formula is C12H22N2O6. The van der Waals surface area contributed by atoms with Crippen LogP contribution in [-0.2, 0) is 9.47 Å². The van der Waals surface area contributed by atoms with Gasteiger partial charge in [0, 0.05) is 0 Å². The maximum atomic E-state index is 11.7. The summed E-state index contributed by atoms with van der Waals surface area (Å²) in [6.07, 6.45) is -5.04. The van der Waals surface area contributed by atoms with Crippen LogP contribution in [0.15, 0.2) is 0 Å². The van der Waals surface area contributed by atoms with Gasteiger partial charge in [-0.2, -0.15) is 0 Å². The summed E-state index contributed by atoms with van der Waals surface area (Å²) in [5.74, 6) is 0. The van der Waals surface area contributed by atoms with E-state index in [-0.39, 0.29) is 13.2 Å². The average molecular weight is 290 g/mol. The topological polar surface area (TPSA) is 108 Å². The molecule has 3 atom stereocenters. The SMILES string of the molecule is CCOC(=O)N1C[C@@H](O)[C@@H](O)[C@@H]1NC(=O)OC(C)(C)C. The Labute approximate surface area is 117 Å². The van der Waals surface area contributed by atoms with Gasteiger partial charge in [0.15, 0.2) is 0 Å². The van der Waals surface area contributed by atoms with Crippen LogP contribution in [0.3, 0.4) is 0 Å². The summed E-state index contributed by atoms with van der Waals surface area (Å²) in [6, 6.07) is 0. The summed E-state index contributed by atoms with van der Waals surface area (Å²) in [5.41, 5.74) is -0.707. The fourth-order valence-corrected chi connectivity index (χ4v) is 1.80. The zero-order valence-electron chi connectivity index (χ0n) is 12.1. The Kier molecular flexibility index (Phi) is 5.18. The normalized spacial score (nSPS) is 26.3. The third kappa shape index (κ3) is 4.24. The molecular weight excluding hydrogens is 268 g/mol. The number of aliphatic hydroxyl groups is 2. The number of rotatable bonds is 2. The third-order valence-electron chi connectivity index (χ3n) is 2.60. The minimum Gasteiger partial charge on any atom is -0.450 e. The molecule has 0 aromatic rings. The van der Waals surface area contributed by atoms with Crippen LogP contribution in [0.1, 0.15) is 27.7 Å². The van der Waals surface area contributed by atoms with Crippen molar-refractivity contribution in [1.82, 2.24) is 10.2 Å². The molecule has 1 aliphatic rings. The lowest BCUT2D eigenvalue weighted by Gasteiger charge is -2.27. The first-order chi connectivity index (χ1) is 9.15. The number of hydrogen-bond donors (Lipinski definition) is 3. The van der Waals surface area contributed by atoms with Crippen molar-refractivity contribution in [1.29, 1.82) is 0 Å². The molecule has 1 fully saturated rings. The number of likely N-dealkylation sites (tertiary alicyclic amines) is 1. The molecule has 8 heteroatoms. The van der Waals surface area contributed by atoms with E-state index in [1.807, 2.05) is 0 Å². The number of carbonyl (C=O) groups excluding carboxylic acids is 2. The van der Waals surface area contributed by atoms with Gasteiger partial charge in [0.05, 0.1) is 13.2 Å². The Balaban J connectivity index is 2.72. The summed E-state index contributed by atoms with van der Waals surface area (Å²) in [5, 5.41) is 21.8. The van der Waals surface area contributed by atoms with Crippen molar-refractivity contribution in [3.63, 3.8) is 0 Å². The average Bonchev–Trinajstić information content (AvgIpc) is 2.55. The zero-order chi connectivity index (χ0) is 15.5. The van der Waals surface area contributed by atoms with Crippen LogP contribution < -0.4 is 5.32 Å². The number of amides is 2. The first kappa shape index (κ1) is 16.5. The van der Waals surface area contributed by atoms with E-state index in [1.54, 1.807) is 27.7 Å². The van der Waals surface area contributed by atoms with E-state index >= 15 is 0 Å². The summed E-state index contributed by atoms with van der Waals surface area (Å²) in [4.78, 5) is 24.4. The van der Waals surface area contributed by atoms with Gasteiger partial charge < -0.3 is 19.7 Å². The smallest absolute Gasteiger partial charge is 0.411 e. The van der Waals surface area contributed by atoms with Gasteiger partial charge in [0.2, 0.25) is 0 Å². The number of aliphatic hydroxyl groups excluding tert-OH is 2. The van der Waals surface area contributed by atoms with Gasteiger partial charge in [-0.25, -0.2) is 9.59 Å². The minimum absolute atomic E-state index is 0.125. The van der Waals surface area contributed by atoms with Gasteiger partial charge >= 0.3 is 12.2 Å². The molecule has 3 N–H and O–H groups in total. The van der Waals surface area contributed by atoms with Gasteiger partial charge in [-0.15, -0.1) is 0 Å². The quantitative estimate of drug-likeness (QED) is 0.662. The Morgan fingerprint density at radius 2 is 1.95 bits per heavy atom. The Bertz CT molecular complexity index is 367. The molecule has 0 aromatic heterocycles. The monoisotopic (exact) mass is 290 g/mol. The van der Waals surface area contributed by atoms with Crippen molar-refractivity contribution in [2.24, 2.45) is 0 Å². The van der Waals surface area contributed by atoms with Crippen LogP contribution >= 0.6 is 0 Å². The Morgan fingerprint density at radius 3 is 2.45 bits per heavy atom. The van der Waals surface area contributed by atoms with Crippen LogP contribution in [0, 0.1) is 0 Å². The molecule has 116 valence electrons. The molecule has 0 aromatic carbocycles. The predicted molar refractivity (Wildman–Crippen MR) is 68.9 cm³/mol. The molecule has 1 rings (SSSR count). The van der Waals surface area contributed by atoms with Crippen LogP contribution in [0.2, 0.25) is 0 Å². The van der Waals surface area contributed by atoms with Crippen LogP contribution in [0.4, 0.5) is 9.59 Å². The maximum absolute atomic E-state index is 11.7. The molecule has 0 saturated carbocycles. The molecule has 0 radical (unpaired) electrons. The fourth-order valence-electron chi connectivity index (χ4n) is 1.80. The highest BCUT2D eigenvalue weighted by molar-refractivity contribution is 5.72. The van der Waals surface area contributed by atoms with E-state index in [0.717, 1.165) is 4.90 Å². The van der Waals surface area contributed by atoms with Gasteiger partial charge in [0.25, 0.3) is 0 Å². The standard InChI is InChI=1S/C12H22N2O6/c1-5-19-11(18)14-6-7(15)8(16)9(14)13-10(17)20-12(2,3)4/h7-9,15-16H,5-6H2,1-4H3,(H,13,17)/t7-,8-,9-/m1/s1. The van der Waals surface area contributed by atoms with E-state index in [9.17, 15) is 19.8 Å². The van der Waals surface area contributed by atoms with Gasteiger partial charge in [-0.1, -0.05) is 0 Å². The highest BCUT2D eigenvalue weighted by Crippen LogP contribution is 2.18. The van der Waals surface area contributed by atoms with E-state index in [4.69, 9.17) is 9.47 Å². The number of carbonyl (C=O) groups is 2. The van der Waals surface area contributed by atoms with Gasteiger partial charge in [-0.3, -0.25) is 10.2 Å². The molecule has 0 aliphatic carbocycles. The van der Waals surface area contributed by atoms with Crippen molar-refractivity contribution in [3.05, 3.63) is 0 Å². The molecule has 1 saturated heterocycles. The molecule has 1 heterocycles. The molecule has 1 aliphatic heterocycles. The largest absolute Gasteiger partial charge is 0.450 e. The van der Waals surface area contributed by atoms with Gasteiger partial charge in [0.1, 0.15) is 24.0 Å². The van der Waals surface area contributed by atoms with Gasteiger partial charge in [-0.05, 0) is 27.7 Å². The number of β-amino-alcohol motifs (C(OH)–C–C–N with tert-alkyl or cyclic N) is 1. The Hall–Kier alpha value is -1.54. The zero-order valence-corrected chi connectivity index (χ0v) is 12.1. The molecule has 20 heavy (non-hydrogen) atoms. The highest BCUT2D eigenvalue weighted by atomic mass is 16.6. The minimum atomic E-state index is -1.30. The lowest BCUT2D eigenvalue weighted by atomic mass is 10.2. The molecule has 8 nitrogen and oxygen atoms in total. The van der Waals surface area contributed by atoms with E-state index in [0.29, 0.717) is 0 Å².